The van der Waals surface area contributed by atoms with Gasteiger partial charge in [-0.3, -0.25) is 0 Å². The van der Waals surface area contributed by atoms with Crippen LogP contribution in [-0.2, 0) is 0 Å². The molecule has 0 heterocycles. The van der Waals surface area contributed by atoms with Gasteiger partial charge in [0.25, 0.3) is 0 Å². The Kier molecular flexibility index (Phi) is 17.2. The summed E-state index contributed by atoms with van der Waals surface area (Å²) >= 11 is 0. The minimum absolute atomic E-state index is 0. The van der Waals surface area contributed by atoms with Crippen molar-refractivity contribution in [2.75, 3.05) is 13.2 Å². The first-order valence-corrected chi connectivity index (χ1v) is 4.13. The van der Waals surface area contributed by atoms with Crippen molar-refractivity contribution < 1.29 is 13.1 Å². The molecule has 0 spiro atoms. The van der Waals surface area contributed by atoms with E-state index in [1.165, 1.54) is 12.8 Å². The van der Waals surface area contributed by atoms with E-state index >= 15 is 0 Å². The maximum atomic E-state index is 8.43. The van der Waals surface area contributed by atoms with E-state index in [-0.39, 0.29) is 25.9 Å². The molecule has 0 unspecified atom stereocenters. The van der Waals surface area contributed by atoms with Gasteiger partial charge in [-0.1, -0.05) is 25.7 Å². The van der Waals surface area contributed by atoms with Crippen molar-refractivity contribution in [3.8, 4) is 0 Å². The zero-order valence-corrected chi connectivity index (χ0v) is 8.67. The van der Waals surface area contributed by atoms with E-state index in [0.29, 0.717) is 13.2 Å². The van der Waals surface area contributed by atoms with Gasteiger partial charge in [0.05, 0.1) is 0 Å². The number of rotatable bonds is 7. The average molecular weight is 173 g/mol. The van der Waals surface area contributed by atoms with Crippen LogP contribution in [0.4, 0.5) is 0 Å². The van der Waals surface area contributed by atoms with Gasteiger partial charge in [0.15, 0.2) is 0 Å². The van der Waals surface area contributed by atoms with Crippen LogP contribution in [0.1, 0.15) is 41.4 Å². The molecule has 0 aromatic heterocycles. The van der Waals surface area contributed by atoms with Gasteiger partial charge in [-0.05, 0) is 12.8 Å². The fourth-order valence-electron chi connectivity index (χ4n) is 0.931. The molecule has 2 nitrogen and oxygen atoms in total. The smallest absolute Gasteiger partial charge is 1.00 e. The van der Waals surface area contributed by atoms with Crippen LogP contribution in [0.15, 0.2) is 0 Å². The average Bonchev–Trinajstić information content (AvgIpc) is 1.97. The second-order valence-corrected chi connectivity index (χ2v) is 2.57. The number of hydrogen-bond donors (Lipinski definition) is 2. The van der Waals surface area contributed by atoms with E-state index in [0.717, 1.165) is 25.7 Å². The van der Waals surface area contributed by atoms with Crippen LogP contribution in [-0.4, -0.2) is 46.5 Å². The molecule has 0 aromatic rings. The molecular weight excluding hydrogens is 152 g/mol. The third-order valence-electron chi connectivity index (χ3n) is 1.57. The molecule has 0 bridgehead atoms. The first-order valence-electron chi connectivity index (χ1n) is 4.13. The number of unbranched alkanes of at least 4 members (excludes halogenated alkanes) is 5. The quantitative estimate of drug-likeness (QED) is 0.447. The molecule has 0 saturated carbocycles. The predicted octanol–water partition coefficient (Wildman–Crippen LogP) is 1.16. The molecule has 3 heteroatoms. The summed E-state index contributed by atoms with van der Waals surface area (Å²) in [5, 5.41) is 16.9. The Labute approximate surface area is 88.1 Å². The Balaban J connectivity index is -0.000000135. The van der Waals surface area contributed by atoms with Gasteiger partial charge < -0.3 is 13.1 Å². The van der Waals surface area contributed by atoms with Crippen molar-refractivity contribution in [3.05, 3.63) is 0 Å². The summed E-state index contributed by atoms with van der Waals surface area (Å²) in [6, 6.07) is 0. The normalized spacial score (nSPS) is 9.27. The topological polar surface area (TPSA) is 40.5 Å². The summed E-state index contributed by atoms with van der Waals surface area (Å²) in [5.41, 5.74) is 0. The minimum Gasteiger partial charge on any atom is -1.00 e. The standard InChI is InChI=1S/C8H18O2.Mg.2H/c9-7-5-3-1-2-4-6-8-10;;;/h9-10H,1-8H2;;;/q;+2;2*-1. The fraction of sp³-hybridized carbons (Fsp3) is 1.00. The monoisotopic (exact) mass is 172 g/mol. The third-order valence-corrected chi connectivity index (χ3v) is 1.57. The zero-order valence-electron chi connectivity index (χ0n) is 9.26. The Bertz CT molecular complexity index is 60.1. The number of aliphatic hydroxyl groups excluding tert-OH is 2. The molecule has 66 valence electrons. The van der Waals surface area contributed by atoms with Gasteiger partial charge in [-0.15, -0.1) is 0 Å². The molecule has 0 saturated heterocycles. The summed E-state index contributed by atoms with van der Waals surface area (Å²) in [5.74, 6) is 0. The van der Waals surface area contributed by atoms with Crippen LogP contribution < -0.4 is 0 Å². The minimum atomic E-state index is 0. The maximum Gasteiger partial charge on any atom is 2.00 e. The van der Waals surface area contributed by atoms with Crippen molar-refractivity contribution in [1.82, 2.24) is 0 Å². The van der Waals surface area contributed by atoms with Crippen LogP contribution in [0.5, 0.6) is 0 Å². The van der Waals surface area contributed by atoms with E-state index in [1.54, 1.807) is 0 Å². The second kappa shape index (κ2) is 13.3. The van der Waals surface area contributed by atoms with Crippen LogP contribution in [0.25, 0.3) is 0 Å². The summed E-state index contributed by atoms with van der Waals surface area (Å²) in [4.78, 5) is 0. The Morgan fingerprint density at radius 2 is 0.909 bits per heavy atom. The Hall–Kier alpha value is 0.686. The molecule has 0 aromatic carbocycles. The molecular formula is C8H20MgO2. The third kappa shape index (κ3) is 13.6. The van der Waals surface area contributed by atoms with E-state index in [4.69, 9.17) is 10.2 Å². The zero-order chi connectivity index (χ0) is 7.66. The summed E-state index contributed by atoms with van der Waals surface area (Å²) in [7, 11) is 0. The molecule has 0 aliphatic rings. The first-order chi connectivity index (χ1) is 4.91. The molecule has 0 fully saturated rings. The summed E-state index contributed by atoms with van der Waals surface area (Å²) in [6.45, 7) is 0.639. The van der Waals surface area contributed by atoms with Gasteiger partial charge in [0, 0.05) is 13.2 Å². The maximum absolute atomic E-state index is 8.43. The Morgan fingerprint density at radius 3 is 1.18 bits per heavy atom. The molecule has 0 radical (unpaired) electrons. The van der Waals surface area contributed by atoms with E-state index in [1.807, 2.05) is 0 Å². The van der Waals surface area contributed by atoms with Gasteiger partial charge in [0.1, 0.15) is 0 Å². The molecule has 0 atom stereocenters. The molecule has 0 aliphatic carbocycles. The van der Waals surface area contributed by atoms with Gasteiger partial charge >= 0.3 is 23.1 Å². The summed E-state index contributed by atoms with van der Waals surface area (Å²) in [6.07, 6.45) is 6.50. The number of aliphatic hydroxyl groups is 2. The second-order valence-electron chi connectivity index (χ2n) is 2.57. The van der Waals surface area contributed by atoms with Crippen LogP contribution >= 0.6 is 0 Å². The van der Waals surface area contributed by atoms with E-state index in [9.17, 15) is 0 Å². The van der Waals surface area contributed by atoms with Gasteiger partial charge in [0.2, 0.25) is 0 Å². The van der Waals surface area contributed by atoms with Gasteiger partial charge in [-0.2, -0.15) is 0 Å². The van der Waals surface area contributed by atoms with Crippen molar-refractivity contribution in [2.45, 2.75) is 38.5 Å². The largest absolute Gasteiger partial charge is 2.00 e. The Morgan fingerprint density at radius 1 is 0.636 bits per heavy atom. The van der Waals surface area contributed by atoms with Crippen LogP contribution in [0.2, 0.25) is 0 Å². The van der Waals surface area contributed by atoms with Crippen LogP contribution in [0, 0.1) is 0 Å². The van der Waals surface area contributed by atoms with Crippen molar-refractivity contribution >= 4 is 23.1 Å². The summed E-state index contributed by atoms with van der Waals surface area (Å²) < 4.78 is 0. The molecule has 0 rings (SSSR count). The molecule has 0 amide bonds. The predicted molar refractivity (Wildman–Crippen MR) is 49.9 cm³/mol. The van der Waals surface area contributed by atoms with Crippen molar-refractivity contribution in [1.29, 1.82) is 0 Å². The molecule has 0 aliphatic heterocycles. The first kappa shape index (κ1) is 14.2. The molecule has 11 heavy (non-hydrogen) atoms. The van der Waals surface area contributed by atoms with Crippen LogP contribution in [0.3, 0.4) is 0 Å². The van der Waals surface area contributed by atoms with Crippen molar-refractivity contribution in [3.63, 3.8) is 0 Å². The van der Waals surface area contributed by atoms with E-state index in [2.05, 4.69) is 0 Å². The SMILES string of the molecule is OCCCCCCCCO.[H-].[H-].[Mg+2]. The van der Waals surface area contributed by atoms with Crippen molar-refractivity contribution in [2.24, 2.45) is 0 Å². The van der Waals surface area contributed by atoms with E-state index < -0.39 is 0 Å². The molecule has 2 N–H and O–H groups in total. The number of hydrogen-bond acceptors (Lipinski definition) is 2. The fourth-order valence-corrected chi connectivity index (χ4v) is 0.931. The van der Waals surface area contributed by atoms with Gasteiger partial charge in [-0.25, -0.2) is 0 Å².